The predicted octanol–water partition coefficient (Wildman–Crippen LogP) is 4.54. The monoisotopic (exact) mass is 413 g/mol. The maximum atomic E-state index is 12.5. The lowest BCUT2D eigenvalue weighted by Crippen LogP contribution is -2.47. The number of alkyl carbamates (subject to hydrolysis) is 1. The Balaban J connectivity index is 2.98. The van der Waals surface area contributed by atoms with Gasteiger partial charge in [-0.05, 0) is 71.7 Å². The summed E-state index contributed by atoms with van der Waals surface area (Å²) in [6.07, 6.45) is -0.314. The van der Waals surface area contributed by atoms with Gasteiger partial charge in [0, 0.05) is 10.9 Å². The molecule has 0 saturated heterocycles. The SMILES string of the molecule is Cc1cc(Br)ccc1CC(NC(=O)OC(C)(C)C)C(=O)OC(C)(C)C. The van der Waals surface area contributed by atoms with Crippen molar-refractivity contribution in [2.45, 2.75) is 72.1 Å². The van der Waals surface area contributed by atoms with Crippen LogP contribution in [0.25, 0.3) is 0 Å². The largest absolute Gasteiger partial charge is 0.458 e. The Kier molecular flexibility index (Phi) is 7.06. The first-order chi connectivity index (χ1) is 11.3. The van der Waals surface area contributed by atoms with Crippen LogP contribution < -0.4 is 5.32 Å². The molecule has 6 heteroatoms. The van der Waals surface area contributed by atoms with E-state index in [9.17, 15) is 9.59 Å². The van der Waals surface area contributed by atoms with Crippen LogP contribution in [0.15, 0.2) is 22.7 Å². The molecule has 1 aromatic rings. The van der Waals surface area contributed by atoms with E-state index in [-0.39, 0.29) is 0 Å². The summed E-state index contributed by atoms with van der Waals surface area (Å²) in [6, 6.07) is 4.97. The number of nitrogens with one attached hydrogen (secondary N) is 1. The van der Waals surface area contributed by atoms with Crippen LogP contribution in [0.4, 0.5) is 4.79 Å². The second kappa shape index (κ2) is 8.21. The van der Waals surface area contributed by atoms with Gasteiger partial charge in [-0.25, -0.2) is 9.59 Å². The highest BCUT2D eigenvalue weighted by molar-refractivity contribution is 9.10. The number of benzene rings is 1. The molecular formula is C19H28BrNO4. The minimum Gasteiger partial charge on any atom is -0.458 e. The average molecular weight is 414 g/mol. The number of amides is 1. The molecule has 0 spiro atoms. The predicted molar refractivity (Wildman–Crippen MR) is 102 cm³/mol. The van der Waals surface area contributed by atoms with Crippen LogP contribution in [0.3, 0.4) is 0 Å². The zero-order valence-corrected chi connectivity index (χ0v) is 17.6. The van der Waals surface area contributed by atoms with Crippen LogP contribution in [-0.4, -0.2) is 29.3 Å². The maximum absolute atomic E-state index is 12.5. The van der Waals surface area contributed by atoms with Gasteiger partial charge < -0.3 is 14.8 Å². The first-order valence-electron chi connectivity index (χ1n) is 8.24. The molecule has 5 nitrogen and oxygen atoms in total. The summed E-state index contributed by atoms with van der Waals surface area (Å²) in [5.74, 6) is -0.485. The van der Waals surface area contributed by atoms with E-state index >= 15 is 0 Å². The van der Waals surface area contributed by atoms with Crippen LogP contribution in [0.1, 0.15) is 52.7 Å². The smallest absolute Gasteiger partial charge is 0.408 e. The fourth-order valence-electron chi connectivity index (χ4n) is 2.12. The van der Waals surface area contributed by atoms with Crippen molar-refractivity contribution in [2.75, 3.05) is 0 Å². The number of aryl methyl sites for hydroxylation is 1. The Morgan fingerprint density at radius 2 is 1.64 bits per heavy atom. The van der Waals surface area contributed by atoms with Crippen LogP contribution in [0.5, 0.6) is 0 Å². The van der Waals surface area contributed by atoms with Gasteiger partial charge in [-0.3, -0.25) is 0 Å². The van der Waals surface area contributed by atoms with Crippen molar-refractivity contribution in [1.29, 1.82) is 0 Å². The van der Waals surface area contributed by atoms with E-state index in [1.54, 1.807) is 41.5 Å². The number of hydrogen-bond donors (Lipinski definition) is 1. The molecule has 0 fully saturated rings. The normalized spacial score (nSPS) is 13.1. The van der Waals surface area contributed by atoms with Crippen molar-refractivity contribution >= 4 is 28.0 Å². The van der Waals surface area contributed by atoms with Crippen LogP contribution in [-0.2, 0) is 20.7 Å². The Hall–Kier alpha value is -1.56. The standard InChI is InChI=1S/C19H28BrNO4/c1-12-10-14(20)9-8-13(12)11-15(16(22)24-18(2,3)4)21-17(23)25-19(5,6)7/h8-10,15H,11H2,1-7H3,(H,21,23). The molecule has 1 unspecified atom stereocenters. The highest BCUT2D eigenvalue weighted by atomic mass is 79.9. The molecule has 0 bridgehead atoms. The van der Waals surface area contributed by atoms with Crippen LogP contribution in [0.2, 0.25) is 0 Å². The van der Waals surface area contributed by atoms with Gasteiger partial charge >= 0.3 is 12.1 Å². The first-order valence-corrected chi connectivity index (χ1v) is 9.03. The number of carbonyl (C=O) groups is 2. The van der Waals surface area contributed by atoms with Gasteiger partial charge in [0.15, 0.2) is 0 Å². The lowest BCUT2D eigenvalue weighted by atomic mass is 10.0. The third-order valence-electron chi connectivity index (χ3n) is 3.11. The lowest BCUT2D eigenvalue weighted by molar-refractivity contribution is -0.157. The summed E-state index contributed by atoms with van der Waals surface area (Å²) in [5, 5.41) is 2.64. The molecule has 25 heavy (non-hydrogen) atoms. The Bertz CT molecular complexity index is 629. The van der Waals surface area contributed by atoms with Gasteiger partial charge in [0.1, 0.15) is 17.2 Å². The number of hydrogen-bond acceptors (Lipinski definition) is 4. The maximum Gasteiger partial charge on any atom is 0.408 e. The topological polar surface area (TPSA) is 64.6 Å². The van der Waals surface area contributed by atoms with Crippen molar-refractivity contribution in [2.24, 2.45) is 0 Å². The highest BCUT2D eigenvalue weighted by Crippen LogP contribution is 2.19. The number of esters is 1. The minimum absolute atomic E-state index is 0.327. The lowest BCUT2D eigenvalue weighted by Gasteiger charge is -2.26. The molecule has 0 aliphatic heterocycles. The van der Waals surface area contributed by atoms with E-state index in [1.807, 2.05) is 25.1 Å². The summed E-state index contributed by atoms with van der Waals surface area (Å²) >= 11 is 3.42. The minimum atomic E-state index is -0.825. The molecule has 0 aromatic heterocycles. The van der Waals surface area contributed by atoms with Crippen molar-refractivity contribution in [3.8, 4) is 0 Å². The van der Waals surface area contributed by atoms with E-state index in [0.29, 0.717) is 6.42 Å². The number of carbonyl (C=O) groups excluding carboxylic acids is 2. The van der Waals surface area contributed by atoms with Gasteiger partial charge in [-0.2, -0.15) is 0 Å². The van der Waals surface area contributed by atoms with Gasteiger partial charge in [-0.15, -0.1) is 0 Å². The molecule has 1 atom stereocenters. The molecule has 0 saturated carbocycles. The average Bonchev–Trinajstić information content (AvgIpc) is 2.36. The summed E-state index contributed by atoms with van der Waals surface area (Å²) in [6.45, 7) is 12.6. The fourth-order valence-corrected chi connectivity index (χ4v) is 2.60. The molecule has 1 amide bonds. The molecular weight excluding hydrogens is 386 g/mol. The summed E-state index contributed by atoms with van der Waals surface area (Å²) in [4.78, 5) is 24.7. The molecule has 1 N–H and O–H groups in total. The molecule has 0 aliphatic carbocycles. The molecule has 0 radical (unpaired) electrons. The van der Waals surface area contributed by atoms with Crippen LogP contribution in [0, 0.1) is 6.92 Å². The van der Waals surface area contributed by atoms with E-state index in [2.05, 4.69) is 21.2 Å². The van der Waals surface area contributed by atoms with E-state index in [0.717, 1.165) is 15.6 Å². The second-order valence-electron chi connectivity index (χ2n) is 8.01. The van der Waals surface area contributed by atoms with Gasteiger partial charge in [-0.1, -0.05) is 22.0 Å². The van der Waals surface area contributed by atoms with Gasteiger partial charge in [0.05, 0.1) is 0 Å². The zero-order chi connectivity index (χ0) is 19.4. The number of rotatable bonds is 4. The van der Waals surface area contributed by atoms with Crippen molar-refractivity contribution in [3.05, 3.63) is 33.8 Å². The highest BCUT2D eigenvalue weighted by Gasteiger charge is 2.29. The Morgan fingerprint density at radius 3 is 2.12 bits per heavy atom. The summed E-state index contributed by atoms with van der Waals surface area (Å²) < 4.78 is 11.7. The van der Waals surface area contributed by atoms with Gasteiger partial charge in [0.25, 0.3) is 0 Å². The van der Waals surface area contributed by atoms with Crippen LogP contribution >= 0.6 is 15.9 Å². The number of ether oxygens (including phenoxy) is 2. The third-order valence-corrected chi connectivity index (χ3v) is 3.60. The Morgan fingerprint density at radius 1 is 1.08 bits per heavy atom. The van der Waals surface area contributed by atoms with E-state index in [4.69, 9.17) is 9.47 Å². The van der Waals surface area contributed by atoms with Crippen molar-refractivity contribution in [1.82, 2.24) is 5.32 Å². The molecule has 1 aromatic carbocycles. The first kappa shape index (κ1) is 21.5. The number of halogens is 1. The van der Waals surface area contributed by atoms with Crippen molar-refractivity contribution in [3.63, 3.8) is 0 Å². The summed E-state index contributed by atoms with van der Waals surface area (Å²) in [5.41, 5.74) is 0.694. The quantitative estimate of drug-likeness (QED) is 0.735. The summed E-state index contributed by atoms with van der Waals surface area (Å²) in [7, 11) is 0. The molecule has 1 rings (SSSR count). The fraction of sp³-hybridized carbons (Fsp3) is 0.579. The van der Waals surface area contributed by atoms with Crippen molar-refractivity contribution < 1.29 is 19.1 Å². The van der Waals surface area contributed by atoms with E-state index in [1.165, 1.54) is 0 Å². The molecule has 0 aliphatic rings. The second-order valence-corrected chi connectivity index (χ2v) is 8.92. The third kappa shape index (κ3) is 8.38. The zero-order valence-electron chi connectivity index (χ0n) is 16.0. The Labute approximate surface area is 158 Å². The van der Waals surface area contributed by atoms with E-state index < -0.39 is 29.3 Å². The molecule has 140 valence electrons. The molecule has 0 heterocycles. The van der Waals surface area contributed by atoms with Gasteiger partial charge in [0.2, 0.25) is 0 Å².